The standard InChI is InChI=1S/C20H23N3O3S/c1-3-4-18(24)21-15-7-9-16(10-8-15)22-20(27)23-19(25)13-14-5-11-17(26-2)12-6-14/h5-12H,3-4,13H2,1-2H3,(H,21,24)(H2,22,23,25,27). The minimum absolute atomic E-state index is 0.0143. The Labute approximate surface area is 164 Å². The van der Waals surface area contributed by atoms with E-state index in [0.717, 1.165) is 23.4 Å². The van der Waals surface area contributed by atoms with E-state index in [1.54, 1.807) is 43.5 Å². The third-order valence-electron chi connectivity index (χ3n) is 3.68. The van der Waals surface area contributed by atoms with Crippen LogP contribution in [0.2, 0.25) is 0 Å². The molecule has 27 heavy (non-hydrogen) atoms. The zero-order valence-corrected chi connectivity index (χ0v) is 16.2. The second-order valence-corrected chi connectivity index (χ2v) is 6.31. The van der Waals surface area contributed by atoms with E-state index < -0.39 is 0 Å². The van der Waals surface area contributed by atoms with Gasteiger partial charge in [0, 0.05) is 17.8 Å². The van der Waals surface area contributed by atoms with Crippen molar-refractivity contribution in [3.05, 3.63) is 54.1 Å². The monoisotopic (exact) mass is 385 g/mol. The SMILES string of the molecule is CCCC(=O)Nc1ccc(NC(=S)NC(=O)Cc2ccc(OC)cc2)cc1. The fourth-order valence-corrected chi connectivity index (χ4v) is 2.58. The summed E-state index contributed by atoms with van der Waals surface area (Å²) in [7, 11) is 1.59. The van der Waals surface area contributed by atoms with Gasteiger partial charge in [0.05, 0.1) is 13.5 Å². The molecule has 0 radical (unpaired) electrons. The maximum absolute atomic E-state index is 12.1. The first-order valence-corrected chi connectivity index (χ1v) is 9.04. The molecule has 2 rings (SSSR count). The molecular weight excluding hydrogens is 362 g/mol. The summed E-state index contributed by atoms with van der Waals surface area (Å²) in [5.41, 5.74) is 2.30. The molecular formula is C20H23N3O3S. The smallest absolute Gasteiger partial charge is 0.230 e. The molecule has 0 unspecified atom stereocenters. The summed E-state index contributed by atoms with van der Waals surface area (Å²) in [6, 6.07) is 14.4. The number of hydrogen-bond acceptors (Lipinski definition) is 4. The van der Waals surface area contributed by atoms with Crippen molar-refractivity contribution >= 4 is 40.5 Å². The van der Waals surface area contributed by atoms with Crippen molar-refractivity contribution in [3.8, 4) is 5.75 Å². The molecule has 0 bridgehead atoms. The number of benzene rings is 2. The first-order valence-electron chi connectivity index (χ1n) is 8.64. The summed E-state index contributed by atoms with van der Waals surface area (Å²) in [6.45, 7) is 1.95. The van der Waals surface area contributed by atoms with Crippen LogP contribution in [0.25, 0.3) is 0 Å². The molecule has 3 N–H and O–H groups in total. The van der Waals surface area contributed by atoms with Crippen molar-refractivity contribution in [2.24, 2.45) is 0 Å². The molecule has 0 fully saturated rings. The number of amides is 2. The fourth-order valence-electron chi connectivity index (χ4n) is 2.35. The van der Waals surface area contributed by atoms with E-state index in [1.807, 2.05) is 19.1 Å². The number of carbonyl (C=O) groups is 2. The third kappa shape index (κ3) is 7.07. The number of hydrogen-bond donors (Lipinski definition) is 3. The number of methoxy groups -OCH3 is 1. The van der Waals surface area contributed by atoms with Gasteiger partial charge >= 0.3 is 0 Å². The minimum atomic E-state index is -0.207. The van der Waals surface area contributed by atoms with Crippen LogP contribution < -0.4 is 20.7 Å². The largest absolute Gasteiger partial charge is 0.497 e. The molecule has 0 aliphatic carbocycles. The highest BCUT2D eigenvalue weighted by molar-refractivity contribution is 7.80. The van der Waals surface area contributed by atoms with Crippen LogP contribution in [-0.2, 0) is 16.0 Å². The van der Waals surface area contributed by atoms with Crippen molar-refractivity contribution in [1.82, 2.24) is 5.32 Å². The van der Waals surface area contributed by atoms with E-state index in [-0.39, 0.29) is 23.3 Å². The van der Waals surface area contributed by atoms with E-state index in [4.69, 9.17) is 17.0 Å². The Hall–Kier alpha value is -2.93. The Bertz CT molecular complexity index is 789. The molecule has 0 saturated heterocycles. The van der Waals surface area contributed by atoms with Gasteiger partial charge in [-0.25, -0.2) is 0 Å². The van der Waals surface area contributed by atoms with Crippen LogP contribution in [0.15, 0.2) is 48.5 Å². The minimum Gasteiger partial charge on any atom is -0.497 e. The summed E-state index contributed by atoms with van der Waals surface area (Å²) in [4.78, 5) is 23.7. The highest BCUT2D eigenvalue weighted by Crippen LogP contribution is 2.14. The molecule has 0 aliphatic rings. The third-order valence-corrected chi connectivity index (χ3v) is 3.88. The van der Waals surface area contributed by atoms with Crippen LogP contribution >= 0.6 is 12.2 Å². The van der Waals surface area contributed by atoms with Gasteiger partial charge in [-0.3, -0.25) is 9.59 Å². The molecule has 0 aromatic heterocycles. The molecule has 0 spiro atoms. The molecule has 2 aromatic rings. The summed E-state index contributed by atoms with van der Waals surface area (Å²) in [6.07, 6.45) is 1.51. The molecule has 7 heteroatoms. The van der Waals surface area contributed by atoms with Gasteiger partial charge in [-0.15, -0.1) is 0 Å². The van der Waals surface area contributed by atoms with Crippen LogP contribution in [0.5, 0.6) is 5.75 Å². The van der Waals surface area contributed by atoms with Crippen LogP contribution in [-0.4, -0.2) is 24.0 Å². The second kappa shape index (κ2) is 10.3. The lowest BCUT2D eigenvalue weighted by Gasteiger charge is -2.11. The van der Waals surface area contributed by atoms with Crippen molar-refractivity contribution in [2.45, 2.75) is 26.2 Å². The highest BCUT2D eigenvalue weighted by atomic mass is 32.1. The van der Waals surface area contributed by atoms with Crippen molar-refractivity contribution in [3.63, 3.8) is 0 Å². The number of thiocarbonyl (C=S) groups is 1. The summed E-state index contributed by atoms with van der Waals surface area (Å²) in [5.74, 6) is 0.520. The summed E-state index contributed by atoms with van der Waals surface area (Å²) in [5, 5.41) is 8.63. The molecule has 142 valence electrons. The van der Waals surface area contributed by atoms with Crippen LogP contribution in [0, 0.1) is 0 Å². The lowest BCUT2D eigenvalue weighted by Crippen LogP contribution is -2.35. The maximum atomic E-state index is 12.1. The average molecular weight is 385 g/mol. The Balaban J connectivity index is 1.81. The van der Waals surface area contributed by atoms with Crippen molar-refractivity contribution < 1.29 is 14.3 Å². The van der Waals surface area contributed by atoms with Gasteiger partial charge in [0.1, 0.15) is 5.75 Å². The molecule has 0 atom stereocenters. The summed E-state index contributed by atoms with van der Waals surface area (Å²) >= 11 is 5.17. The Morgan fingerprint density at radius 2 is 1.52 bits per heavy atom. The molecule has 0 saturated carbocycles. The topological polar surface area (TPSA) is 79.5 Å². The lowest BCUT2D eigenvalue weighted by atomic mass is 10.1. The zero-order chi connectivity index (χ0) is 19.6. The number of anilines is 2. The number of carbonyl (C=O) groups excluding carboxylic acids is 2. The lowest BCUT2D eigenvalue weighted by molar-refractivity contribution is -0.119. The average Bonchev–Trinajstić information content (AvgIpc) is 2.64. The zero-order valence-electron chi connectivity index (χ0n) is 15.4. The summed E-state index contributed by atoms with van der Waals surface area (Å²) < 4.78 is 5.09. The Morgan fingerprint density at radius 1 is 0.926 bits per heavy atom. The van der Waals surface area contributed by atoms with Crippen molar-refractivity contribution in [2.75, 3.05) is 17.7 Å². The predicted molar refractivity (Wildman–Crippen MR) is 111 cm³/mol. The van der Waals surface area contributed by atoms with Gasteiger partial charge in [0.2, 0.25) is 11.8 Å². The van der Waals surface area contributed by atoms with Gasteiger partial charge in [0.25, 0.3) is 0 Å². The number of ether oxygens (including phenoxy) is 1. The maximum Gasteiger partial charge on any atom is 0.230 e. The Morgan fingerprint density at radius 3 is 2.07 bits per heavy atom. The van der Waals surface area contributed by atoms with E-state index in [2.05, 4.69) is 16.0 Å². The molecule has 0 heterocycles. The van der Waals surface area contributed by atoms with Gasteiger partial charge in [-0.2, -0.15) is 0 Å². The van der Waals surface area contributed by atoms with Crippen LogP contribution in [0.4, 0.5) is 11.4 Å². The quantitative estimate of drug-likeness (QED) is 0.636. The van der Waals surface area contributed by atoms with Gasteiger partial charge in [0.15, 0.2) is 5.11 Å². The first kappa shape index (κ1) is 20.4. The molecule has 2 amide bonds. The number of nitrogens with one attached hydrogen (secondary N) is 3. The Kier molecular flexibility index (Phi) is 7.76. The fraction of sp³-hybridized carbons (Fsp3) is 0.250. The van der Waals surface area contributed by atoms with Gasteiger partial charge in [-0.05, 0) is 60.6 Å². The highest BCUT2D eigenvalue weighted by Gasteiger charge is 2.07. The van der Waals surface area contributed by atoms with Crippen LogP contribution in [0.3, 0.4) is 0 Å². The van der Waals surface area contributed by atoms with E-state index in [0.29, 0.717) is 12.1 Å². The number of rotatable bonds is 7. The van der Waals surface area contributed by atoms with Gasteiger partial charge < -0.3 is 20.7 Å². The molecule has 0 aliphatic heterocycles. The van der Waals surface area contributed by atoms with E-state index >= 15 is 0 Å². The molecule has 2 aromatic carbocycles. The molecule has 6 nitrogen and oxygen atoms in total. The van der Waals surface area contributed by atoms with E-state index in [9.17, 15) is 9.59 Å². The normalized spacial score (nSPS) is 10.0. The van der Waals surface area contributed by atoms with Crippen LogP contribution in [0.1, 0.15) is 25.3 Å². The second-order valence-electron chi connectivity index (χ2n) is 5.90. The van der Waals surface area contributed by atoms with Gasteiger partial charge in [-0.1, -0.05) is 19.1 Å². The van der Waals surface area contributed by atoms with Crippen molar-refractivity contribution in [1.29, 1.82) is 0 Å². The predicted octanol–water partition coefficient (Wildman–Crippen LogP) is 3.49. The first-order chi connectivity index (χ1) is 13.0. The van der Waals surface area contributed by atoms with E-state index in [1.165, 1.54) is 0 Å².